The summed E-state index contributed by atoms with van der Waals surface area (Å²) in [6.45, 7) is 1.17. The number of carbonyl (C=O) groups excluding carboxylic acids is 1. The van der Waals surface area contributed by atoms with E-state index in [1.165, 1.54) is 19.3 Å². The zero-order chi connectivity index (χ0) is 27.0. The Bertz CT molecular complexity index is 1260. The van der Waals surface area contributed by atoms with Crippen LogP contribution in [0.1, 0.15) is 87.2 Å². The van der Waals surface area contributed by atoms with Gasteiger partial charge in [-0.15, -0.1) is 0 Å². The number of unbranched alkanes of at least 4 members (excludes halogenated alkanes) is 1. The third-order valence-corrected chi connectivity index (χ3v) is 7.34. The van der Waals surface area contributed by atoms with Crippen molar-refractivity contribution in [2.24, 2.45) is 0 Å². The molecule has 4 N–H and O–H groups in total. The summed E-state index contributed by atoms with van der Waals surface area (Å²) in [5.74, 6) is 0.165. The number of benzene rings is 1. The highest BCUT2D eigenvalue weighted by atomic mass is 16.5. The summed E-state index contributed by atoms with van der Waals surface area (Å²) in [7, 11) is 0. The molecular weight excluding hydrogens is 498 g/mol. The van der Waals surface area contributed by atoms with E-state index in [2.05, 4.69) is 20.9 Å². The van der Waals surface area contributed by atoms with Gasteiger partial charge in [0.05, 0.1) is 6.33 Å². The SMILES string of the molecule is O=C(O)CCCCNC(=O)c1ccc(Nc2nc(NC3CCCCC3)c3ncn(C4CCCCO4)c3n2)cc1. The van der Waals surface area contributed by atoms with Crippen LogP contribution in [-0.2, 0) is 9.53 Å². The maximum atomic E-state index is 12.4. The van der Waals surface area contributed by atoms with Gasteiger partial charge in [-0.1, -0.05) is 19.3 Å². The van der Waals surface area contributed by atoms with Gasteiger partial charge in [-0.25, -0.2) is 4.98 Å². The summed E-state index contributed by atoms with van der Waals surface area (Å²) in [5.41, 5.74) is 2.77. The van der Waals surface area contributed by atoms with Gasteiger partial charge in [-0.2, -0.15) is 9.97 Å². The summed E-state index contributed by atoms with van der Waals surface area (Å²) >= 11 is 0. The molecule has 11 nitrogen and oxygen atoms in total. The number of nitrogens with one attached hydrogen (secondary N) is 3. The lowest BCUT2D eigenvalue weighted by Gasteiger charge is -2.25. The first-order valence-electron chi connectivity index (χ1n) is 14.1. The molecule has 1 unspecified atom stereocenters. The smallest absolute Gasteiger partial charge is 0.303 e. The first-order valence-corrected chi connectivity index (χ1v) is 14.1. The quantitative estimate of drug-likeness (QED) is 0.249. The Kier molecular flexibility index (Phi) is 8.87. The van der Waals surface area contributed by atoms with E-state index in [4.69, 9.17) is 19.8 Å². The number of rotatable bonds is 11. The number of fused-ring (bicyclic) bond motifs is 1. The number of nitrogens with zero attached hydrogens (tertiary/aromatic N) is 4. The number of carboxylic acid groups (broad SMARTS) is 1. The van der Waals surface area contributed by atoms with Crippen LogP contribution in [0.2, 0.25) is 0 Å². The molecule has 3 aromatic rings. The van der Waals surface area contributed by atoms with Crippen molar-refractivity contribution < 1.29 is 19.4 Å². The van der Waals surface area contributed by atoms with Crippen molar-refractivity contribution in [3.8, 4) is 0 Å². The zero-order valence-electron chi connectivity index (χ0n) is 22.2. The van der Waals surface area contributed by atoms with Crippen molar-refractivity contribution in [1.82, 2.24) is 24.8 Å². The van der Waals surface area contributed by atoms with Crippen molar-refractivity contribution in [3.63, 3.8) is 0 Å². The lowest BCUT2D eigenvalue weighted by molar-refractivity contribution is -0.137. The summed E-state index contributed by atoms with van der Waals surface area (Å²) < 4.78 is 8.03. The van der Waals surface area contributed by atoms with E-state index >= 15 is 0 Å². The number of hydrogen-bond acceptors (Lipinski definition) is 8. The molecule has 208 valence electrons. The Hall–Kier alpha value is -3.73. The van der Waals surface area contributed by atoms with Crippen LogP contribution < -0.4 is 16.0 Å². The molecule has 1 aromatic carbocycles. The first-order chi connectivity index (χ1) is 19.1. The predicted octanol–water partition coefficient (Wildman–Crippen LogP) is 5.00. The summed E-state index contributed by atoms with van der Waals surface area (Å²) in [5, 5.41) is 18.5. The van der Waals surface area contributed by atoms with E-state index in [1.807, 2.05) is 16.7 Å². The largest absolute Gasteiger partial charge is 0.481 e. The molecule has 0 radical (unpaired) electrons. The molecule has 1 saturated carbocycles. The average Bonchev–Trinajstić information content (AvgIpc) is 3.38. The molecule has 39 heavy (non-hydrogen) atoms. The molecule has 0 spiro atoms. The molecule has 2 aliphatic rings. The minimum atomic E-state index is -0.823. The third kappa shape index (κ3) is 7.03. The fourth-order valence-electron chi connectivity index (χ4n) is 5.21. The third-order valence-electron chi connectivity index (χ3n) is 7.34. The number of ether oxygens (including phenoxy) is 1. The fraction of sp³-hybridized carbons (Fsp3) is 0.536. The van der Waals surface area contributed by atoms with E-state index in [-0.39, 0.29) is 18.6 Å². The van der Waals surface area contributed by atoms with Crippen molar-refractivity contribution in [2.45, 2.75) is 82.9 Å². The molecule has 2 aromatic heterocycles. The number of carboxylic acids is 1. The minimum Gasteiger partial charge on any atom is -0.481 e. The van der Waals surface area contributed by atoms with Gasteiger partial charge in [-0.3, -0.25) is 14.2 Å². The number of amides is 1. The Morgan fingerprint density at radius 3 is 2.54 bits per heavy atom. The van der Waals surface area contributed by atoms with E-state index in [0.29, 0.717) is 36.9 Å². The fourth-order valence-corrected chi connectivity index (χ4v) is 5.21. The zero-order valence-corrected chi connectivity index (χ0v) is 22.2. The summed E-state index contributed by atoms with van der Waals surface area (Å²) in [6, 6.07) is 7.50. The lowest BCUT2D eigenvalue weighted by atomic mass is 9.95. The van der Waals surface area contributed by atoms with Crippen LogP contribution in [0, 0.1) is 0 Å². The second-order valence-electron chi connectivity index (χ2n) is 10.3. The highest BCUT2D eigenvalue weighted by Gasteiger charge is 2.23. The molecule has 1 atom stereocenters. The maximum Gasteiger partial charge on any atom is 0.303 e. The molecule has 1 aliphatic carbocycles. The molecule has 1 aliphatic heterocycles. The number of imidazole rings is 1. The van der Waals surface area contributed by atoms with Crippen LogP contribution in [0.15, 0.2) is 30.6 Å². The lowest BCUT2D eigenvalue weighted by Crippen LogP contribution is -2.24. The van der Waals surface area contributed by atoms with E-state index in [1.54, 1.807) is 18.5 Å². The van der Waals surface area contributed by atoms with Gasteiger partial charge in [0.15, 0.2) is 17.0 Å². The van der Waals surface area contributed by atoms with Gasteiger partial charge < -0.3 is 25.8 Å². The van der Waals surface area contributed by atoms with Crippen molar-refractivity contribution >= 4 is 40.5 Å². The maximum absolute atomic E-state index is 12.4. The van der Waals surface area contributed by atoms with Crippen LogP contribution in [-0.4, -0.2) is 55.7 Å². The normalized spacial score (nSPS) is 18.1. The Morgan fingerprint density at radius 1 is 1.00 bits per heavy atom. The van der Waals surface area contributed by atoms with Gasteiger partial charge in [0.2, 0.25) is 5.95 Å². The first kappa shape index (κ1) is 26.9. The van der Waals surface area contributed by atoms with Crippen molar-refractivity contribution in [1.29, 1.82) is 0 Å². The molecular formula is C28H37N7O4. The van der Waals surface area contributed by atoms with Crippen molar-refractivity contribution in [3.05, 3.63) is 36.2 Å². The van der Waals surface area contributed by atoms with Crippen LogP contribution in [0.25, 0.3) is 11.2 Å². The molecule has 1 amide bonds. The second-order valence-corrected chi connectivity index (χ2v) is 10.3. The molecule has 0 bridgehead atoms. The van der Waals surface area contributed by atoms with Crippen LogP contribution in [0.3, 0.4) is 0 Å². The molecule has 1 saturated heterocycles. The Morgan fingerprint density at radius 2 is 1.79 bits per heavy atom. The van der Waals surface area contributed by atoms with Crippen molar-refractivity contribution in [2.75, 3.05) is 23.8 Å². The Balaban J connectivity index is 1.31. The van der Waals surface area contributed by atoms with E-state index in [0.717, 1.165) is 61.4 Å². The summed E-state index contributed by atoms with van der Waals surface area (Å²) in [6.07, 6.45) is 12.0. The van der Waals surface area contributed by atoms with Gasteiger partial charge in [0.25, 0.3) is 5.91 Å². The van der Waals surface area contributed by atoms with Crippen LogP contribution in [0.5, 0.6) is 0 Å². The van der Waals surface area contributed by atoms with Crippen LogP contribution in [0.4, 0.5) is 17.5 Å². The highest BCUT2D eigenvalue weighted by Crippen LogP contribution is 2.31. The number of aromatic nitrogens is 4. The topological polar surface area (TPSA) is 143 Å². The van der Waals surface area contributed by atoms with E-state index in [9.17, 15) is 9.59 Å². The van der Waals surface area contributed by atoms with E-state index < -0.39 is 5.97 Å². The second kappa shape index (κ2) is 12.9. The number of hydrogen-bond donors (Lipinski definition) is 4. The molecule has 5 rings (SSSR count). The number of carbonyl (C=O) groups is 2. The molecule has 11 heteroatoms. The number of aliphatic carboxylic acids is 1. The monoisotopic (exact) mass is 535 g/mol. The van der Waals surface area contributed by atoms with Gasteiger partial charge >= 0.3 is 5.97 Å². The Labute approximate surface area is 227 Å². The average molecular weight is 536 g/mol. The predicted molar refractivity (Wildman–Crippen MR) is 148 cm³/mol. The highest BCUT2D eigenvalue weighted by molar-refractivity contribution is 5.94. The van der Waals surface area contributed by atoms with Gasteiger partial charge in [0, 0.05) is 36.9 Å². The van der Waals surface area contributed by atoms with Gasteiger partial charge in [0.1, 0.15) is 6.23 Å². The molecule has 2 fully saturated rings. The minimum absolute atomic E-state index is 0.0871. The summed E-state index contributed by atoms with van der Waals surface area (Å²) in [4.78, 5) is 37.4. The van der Waals surface area contributed by atoms with Gasteiger partial charge in [-0.05, 0) is 69.2 Å². The van der Waals surface area contributed by atoms with Crippen LogP contribution >= 0.6 is 0 Å². The molecule has 3 heterocycles. The standard InChI is InChI=1S/C28H37N7O4/c36-23(37)11-4-6-16-29-27(38)19-12-14-21(15-13-19)32-28-33-25(31-20-8-2-1-3-9-20)24-26(34-28)35(18-30-24)22-10-5-7-17-39-22/h12-15,18,20,22H,1-11,16-17H2,(H,29,38)(H,36,37)(H2,31,32,33,34). The number of anilines is 3.